The molecular formula is C15H14O6. The van der Waals surface area contributed by atoms with Gasteiger partial charge in [0.15, 0.2) is 0 Å². The van der Waals surface area contributed by atoms with Crippen molar-refractivity contribution in [3.05, 3.63) is 65.7 Å². The minimum Gasteiger partial charge on any atom is -0.488 e. The summed E-state index contributed by atoms with van der Waals surface area (Å²) >= 11 is 0. The SMILES string of the molecule is O=C(O)O.O=C(O)c1ccccc1OCc1ccccc1. The first-order chi connectivity index (χ1) is 10.0. The zero-order valence-electron chi connectivity index (χ0n) is 11.0. The van der Waals surface area contributed by atoms with Gasteiger partial charge in [-0.1, -0.05) is 42.5 Å². The average molecular weight is 290 g/mol. The summed E-state index contributed by atoms with van der Waals surface area (Å²) < 4.78 is 5.50. The molecule has 3 N–H and O–H groups in total. The van der Waals surface area contributed by atoms with Crippen LogP contribution < -0.4 is 4.74 Å². The lowest BCUT2D eigenvalue weighted by molar-refractivity contribution is 0.0691. The fraction of sp³-hybridized carbons (Fsp3) is 0.0667. The molecule has 0 heterocycles. The van der Waals surface area contributed by atoms with E-state index in [0.717, 1.165) is 5.56 Å². The highest BCUT2D eigenvalue weighted by atomic mass is 16.6. The van der Waals surface area contributed by atoms with E-state index < -0.39 is 12.1 Å². The molecule has 0 aliphatic carbocycles. The summed E-state index contributed by atoms with van der Waals surface area (Å²) in [5.74, 6) is -0.586. The average Bonchev–Trinajstić information content (AvgIpc) is 2.46. The van der Waals surface area contributed by atoms with E-state index in [2.05, 4.69) is 0 Å². The molecule has 6 nitrogen and oxygen atoms in total. The van der Waals surface area contributed by atoms with E-state index in [4.69, 9.17) is 24.9 Å². The topological polar surface area (TPSA) is 104 Å². The zero-order valence-corrected chi connectivity index (χ0v) is 11.0. The summed E-state index contributed by atoms with van der Waals surface area (Å²) in [4.78, 5) is 19.5. The highest BCUT2D eigenvalue weighted by Crippen LogP contribution is 2.19. The molecule has 0 unspecified atom stereocenters. The summed E-state index contributed by atoms with van der Waals surface area (Å²) in [5.41, 5.74) is 1.19. The molecule has 2 aromatic rings. The molecule has 0 aliphatic rings. The van der Waals surface area contributed by atoms with Gasteiger partial charge in [-0.2, -0.15) is 0 Å². The molecule has 0 fully saturated rings. The van der Waals surface area contributed by atoms with E-state index in [9.17, 15) is 4.79 Å². The van der Waals surface area contributed by atoms with Gasteiger partial charge >= 0.3 is 12.1 Å². The van der Waals surface area contributed by atoms with Gasteiger partial charge < -0.3 is 20.1 Å². The Morgan fingerprint density at radius 2 is 1.38 bits per heavy atom. The van der Waals surface area contributed by atoms with E-state index in [1.54, 1.807) is 18.2 Å². The first kappa shape index (κ1) is 16.0. The maximum atomic E-state index is 11.0. The van der Waals surface area contributed by atoms with Gasteiger partial charge in [0.25, 0.3) is 0 Å². The van der Waals surface area contributed by atoms with Crippen molar-refractivity contribution in [3.8, 4) is 5.75 Å². The quantitative estimate of drug-likeness (QED) is 0.798. The lowest BCUT2D eigenvalue weighted by Gasteiger charge is -2.08. The fourth-order valence-electron chi connectivity index (χ4n) is 1.50. The zero-order chi connectivity index (χ0) is 15.7. The third-order valence-electron chi connectivity index (χ3n) is 2.35. The predicted molar refractivity (Wildman–Crippen MR) is 74.8 cm³/mol. The molecule has 2 rings (SSSR count). The first-order valence-electron chi connectivity index (χ1n) is 5.91. The molecular weight excluding hydrogens is 276 g/mol. The number of hydrogen-bond acceptors (Lipinski definition) is 3. The molecule has 6 heteroatoms. The van der Waals surface area contributed by atoms with Gasteiger partial charge in [0, 0.05) is 0 Å². The molecule has 0 aliphatic heterocycles. The fourth-order valence-corrected chi connectivity index (χ4v) is 1.50. The van der Waals surface area contributed by atoms with Crippen molar-refractivity contribution < 1.29 is 29.6 Å². The molecule has 110 valence electrons. The molecule has 0 spiro atoms. The highest BCUT2D eigenvalue weighted by molar-refractivity contribution is 5.90. The van der Waals surface area contributed by atoms with Gasteiger partial charge in [0.05, 0.1) is 0 Å². The van der Waals surface area contributed by atoms with Gasteiger partial charge in [-0.05, 0) is 17.7 Å². The number of hydrogen-bond donors (Lipinski definition) is 3. The first-order valence-corrected chi connectivity index (χ1v) is 5.91. The minimum absolute atomic E-state index is 0.184. The van der Waals surface area contributed by atoms with Crippen LogP contribution in [0.15, 0.2) is 54.6 Å². The number of carboxylic acids is 1. The smallest absolute Gasteiger partial charge is 0.488 e. The number of carboxylic acid groups (broad SMARTS) is 3. The largest absolute Gasteiger partial charge is 0.503 e. The van der Waals surface area contributed by atoms with E-state index in [1.165, 1.54) is 6.07 Å². The lowest BCUT2D eigenvalue weighted by atomic mass is 10.2. The summed E-state index contributed by atoms with van der Waals surface area (Å²) in [7, 11) is 0. The van der Waals surface area contributed by atoms with E-state index in [-0.39, 0.29) is 5.56 Å². The second kappa shape index (κ2) is 8.21. The second-order valence-electron chi connectivity index (χ2n) is 3.86. The Morgan fingerprint density at radius 3 is 1.95 bits per heavy atom. The third kappa shape index (κ3) is 6.11. The van der Waals surface area contributed by atoms with Crippen molar-refractivity contribution in [2.75, 3.05) is 0 Å². The van der Waals surface area contributed by atoms with Crippen LogP contribution in [0.3, 0.4) is 0 Å². The maximum absolute atomic E-state index is 11.0. The maximum Gasteiger partial charge on any atom is 0.503 e. The molecule has 0 amide bonds. The van der Waals surface area contributed by atoms with Crippen LogP contribution >= 0.6 is 0 Å². The third-order valence-corrected chi connectivity index (χ3v) is 2.35. The number of rotatable bonds is 4. The summed E-state index contributed by atoms with van der Waals surface area (Å²) in [6.07, 6.45) is -1.83. The molecule has 0 radical (unpaired) electrons. The van der Waals surface area contributed by atoms with Gasteiger partial charge in [-0.15, -0.1) is 0 Å². The van der Waals surface area contributed by atoms with E-state index >= 15 is 0 Å². The second-order valence-corrected chi connectivity index (χ2v) is 3.86. The molecule has 21 heavy (non-hydrogen) atoms. The summed E-state index contributed by atoms with van der Waals surface area (Å²) in [6, 6.07) is 16.3. The van der Waals surface area contributed by atoms with Crippen LogP contribution in [0.25, 0.3) is 0 Å². The lowest BCUT2D eigenvalue weighted by Crippen LogP contribution is -2.02. The van der Waals surface area contributed by atoms with Crippen LogP contribution in [-0.4, -0.2) is 27.4 Å². The Labute approximate surface area is 120 Å². The van der Waals surface area contributed by atoms with Crippen LogP contribution in [-0.2, 0) is 6.61 Å². The van der Waals surface area contributed by atoms with Gasteiger partial charge in [0.1, 0.15) is 17.9 Å². The number of carbonyl (C=O) groups is 2. The van der Waals surface area contributed by atoms with Crippen molar-refractivity contribution in [1.82, 2.24) is 0 Å². The van der Waals surface area contributed by atoms with Crippen molar-refractivity contribution in [2.45, 2.75) is 6.61 Å². The molecule has 0 saturated heterocycles. The molecule has 0 aromatic heterocycles. The van der Waals surface area contributed by atoms with Gasteiger partial charge in [-0.25, -0.2) is 9.59 Å². The van der Waals surface area contributed by atoms with E-state index in [0.29, 0.717) is 12.4 Å². The van der Waals surface area contributed by atoms with Gasteiger partial charge in [-0.3, -0.25) is 0 Å². The van der Waals surface area contributed by atoms with Gasteiger partial charge in [0.2, 0.25) is 0 Å². The molecule has 0 atom stereocenters. The van der Waals surface area contributed by atoms with Crippen molar-refractivity contribution in [3.63, 3.8) is 0 Å². The Hall–Kier alpha value is -3.02. The monoisotopic (exact) mass is 290 g/mol. The van der Waals surface area contributed by atoms with Crippen molar-refractivity contribution in [1.29, 1.82) is 0 Å². The number of benzene rings is 2. The summed E-state index contributed by atoms with van der Waals surface area (Å²) in [5, 5.41) is 22.9. The Bertz CT molecular complexity index is 590. The number of ether oxygens (including phenoxy) is 1. The Kier molecular flexibility index (Phi) is 6.27. The molecule has 0 bridgehead atoms. The van der Waals surface area contributed by atoms with Crippen LogP contribution in [0.1, 0.15) is 15.9 Å². The molecule has 0 saturated carbocycles. The minimum atomic E-state index is -1.83. The Balaban J connectivity index is 0.000000491. The normalized spacial score (nSPS) is 9.14. The Morgan fingerprint density at radius 1 is 0.857 bits per heavy atom. The van der Waals surface area contributed by atoms with Crippen molar-refractivity contribution >= 4 is 12.1 Å². The summed E-state index contributed by atoms with van der Waals surface area (Å²) in [6.45, 7) is 0.366. The standard InChI is InChI=1S/C14H12O3.CH2O3/c15-14(16)12-8-4-5-9-13(12)17-10-11-6-2-1-3-7-11;2-1(3)4/h1-9H,10H2,(H,15,16);(H2,2,3,4). The predicted octanol–water partition coefficient (Wildman–Crippen LogP) is 3.19. The van der Waals surface area contributed by atoms with E-state index in [1.807, 2.05) is 30.3 Å². The highest BCUT2D eigenvalue weighted by Gasteiger charge is 2.09. The number of aromatic carboxylic acids is 1. The van der Waals surface area contributed by atoms with Crippen LogP contribution in [0, 0.1) is 0 Å². The van der Waals surface area contributed by atoms with Crippen molar-refractivity contribution in [2.24, 2.45) is 0 Å². The van der Waals surface area contributed by atoms with Crippen LogP contribution in [0.2, 0.25) is 0 Å². The molecule has 2 aromatic carbocycles. The van der Waals surface area contributed by atoms with Crippen LogP contribution in [0.5, 0.6) is 5.75 Å². The number of para-hydroxylation sites is 1. The van der Waals surface area contributed by atoms with Crippen LogP contribution in [0.4, 0.5) is 4.79 Å².